The summed E-state index contributed by atoms with van der Waals surface area (Å²) in [7, 11) is 0. The van der Waals surface area contributed by atoms with E-state index < -0.39 is 0 Å². The largest absolute Gasteiger partial charge is 0.379 e. The monoisotopic (exact) mass is 502 g/mol. The molecule has 0 bridgehead atoms. The highest BCUT2D eigenvalue weighted by atomic mass is 127. The number of morpholine rings is 1. The highest BCUT2D eigenvalue weighted by molar-refractivity contribution is 14.0. The number of aliphatic imine (C=N–C) groups is 1. The van der Waals surface area contributed by atoms with Gasteiger partial charge in [0.2, 0.25) is 0 Å². The predicted molar refractivity (Wildman–Crippen MR) is 126 cm³/mol. The minimum absolute atomic E-state index is 0. The summed E-state index contributed by atoms with van der Waals surface area (Å²) in [6.07, 6.45) is 2.34. The average molecular weight is 502 g/mol. The maximum absolute atomic E-state index is 5.58. The van der Waals surface area contributed by atoms with Gasteiger partial charge in [-0.25, -0.2) is 0 Å². The number of rotatable bonds is 4. The predicted octanol–water partition coefficient (Wildman–Crippen LogP) is 2.84. The lowest BCUT2D eigenvalue weighted by atomic mass is 9.96. The summed E-state index contributed by atoms with van der Waals surface area (Å²) in [5.41, 5.74) is 2.94. The van der Waals surface area contributed by atoms with E-state index in [1.807, 2.05) is 0 Å². The molecule has 0 aliphatic carbocycles. The van der Waals surface area contributed by atoms with Crippen molar-refractivity contribution in [3.63, 3.8) is 0 Å². The van der Waals surface area contributed by atoms with Crippen molar-refractivity contribution >= 4 is 47.4 Å². The van der Waals surface area contributed by atoms with Crippen LogP contribution in [0.4, 0.5) is 5.69 Å². The van der Waals surface area contributed by atoms with Gasteiger partial charge in [0.25, 0.3) is 0 Å². The van der Waals surface area contributed by atoms with Gasteiger partial charge in [0, 0.05) is 37.6 Å². The summed E-state index contributed by atoms with van der Waals surface area (Å²) in [5, 5.41) is 3.54. The number of nitrogens with one attached hydrogen (secondary N) is 1. The molecular formula is C20H31IN4OS. The number of ether oxygens (including phenoxy) is 1. The summed E-state index contributed by atoms with van der Waals surface area (Å²) in [6.45, 7) is 8.74. The number of fused-ring (bicyclic) bond motifs is 1. The number of benzene rings is 1. The van der Waals surface area contributed by atoms with Crippen LogP contribution in [0.5, 0.6) is 0 Å². The Morgan fingerprint density at radius 1 is 1.26 bits per heavy atom. The fourth-order valence-electron chi connectivity index (χ4n) is 4.28. The zero-order valence-electron chi connectivity index (χ0n) is 16.2. The lowest BCUT2D eigenvalue weighted by Gasteiger charge is -2.42. The third-order valence-electron chi connectivity index (χ3n) is 5.77. The van der Waals surface area contributed by atoms with Gasteiger partial charge in [-0.2, -0.15) is 11.8 Å². The number of anilines is 1. The van der Waals surface area contributed by atoms with E-state index in [0.29, 0.717) is 0 Å². The molecule has 1 aromatic carbocycles. The molecule has 2 fully saturated rings. The lowest BCUT2D eigenvalue weighted by Crippen LogP contribution is -2.56. The molecule has 0 saturated carbocycles. The van der Waals surface area contributed by atoms with Crippen LogP contribution in [-0.2, 0) is 11.2 Å². The van der Waals surface area contributed by atoms with Crippen LogP contribution in [0.1, 0.15) is 18.9 Å². The quantitative estimate of drug-likeness (QED) is 0.390. The lowest BCUT2D eigenvalue weighted by molar-refractivity contribution is -0.0104. The van der Waals surface area contributed by atoms with Crippen molar-refractivity contribution in [2.75, 3.05) is 62.3 Å². The number of nitrogens with zero attached hydrogens (tertiary/aromatic N) is 3. The van der Waals surface area contributed by atoms with Crippen LogP contribution in [0.2, 0.25) is 0 Å². The number of guanidine groups is 1. The summed E-state index contributed by atoms with van der Waals surface area (Å²) < 4.78 is 5.58. The summed E-state index contributed by atoms with van der Waals surface area (Å²) in [4.78, 5) is 10.2. The van der Waals surface area contributed by atoms with E-state index in [0.717, 1.165) is 58.3 Å². The van der Waals surface area contributed by atoms with Gasteiger partial charge in [-0.3, -0.25) is 9.89 Å². The van der Waals surface area contributed by atoms with Crippen LogP contribution in [-0.4, -0.2) is 73.8 Å². The third-order valence-corrected chi connectivity index (χ3v) is 7.00. The topological polar surface area (TPSA) is 40.1 Å². The molecule has 1 N–H and O–H groups in total. The Morgan fingerprint density at radius 3 is 2.81 bits per heavy atom. The fraction of sp³-hybridized carbons (Fsp3) is 0.650. The van der Waals surface area contributed by atoms with Gasteiger partial charge in [-0.05, 0) is 37.1 Å². The second-order valence-electron chi connectivity index (χ2n) is 7.33. The SMILES string of the molecule is CCNC(=NCC1(N2CCOCC2)CCSC1)N1CCc2ccccc21.I. The first-order valence-electron chi connectivity index (χ1n) is 9.87. The van der Waals surface area contributed by atoms with E-state index in [1.165, 1.54) is 29.2 Å². The molecule has 5 nitrogen and oxygen atoms in total. The Hall–Kier alpha value is -0.510. The molecule has 2 saturated heterocycles. The number of halogens is 1. The van der Waals surface area contributed by atoms with Crippen molar-refractivity contribution in [3.8, 4) is 0 Å². The van der Waals surface area contributed by atoms with E-state index >= 15 is 0 Å². The molecule has 7 heteroatoms. The maximum Gasteiger partial charge on any atom is 0.198 e. The minimum Gasteiger partial charge on any atom is -0.379 e. The van der Waals surface area contributed by atoms with Crippen molar-refractivity contribution in [2.24, 2.45) is 4.99 Å². The molecule has 3 aliphatic heterocycles. The van der Waals surface area contributed by atoms with Crippen LogP contribution >= 0.6 is 35.7 Å². The van der Waals surface area contributed by atoms with Gasteiger partial charge >= 0.3 is 0 Å². The van der Waals surface area contributed by atoms with Crippen molar-refractivity contribution in [1.29, 1.82) is 0 Å². The highest BCUT2D eigenvalue weighted by Crippen LogP contribution is 2.35. The molecule has 27 heavy (non-hydrogen) atoms. The van der Waals surface area contributed by atoms with Gasteiger partial charge in [-0.1, -0.05) is 18.2 Å². The highest BCUT2D eigenvalue weighted by Gasteiger charge is 2.40. The first-order chi connectivity index (χ1) is 12.8. The van der Waals surface area contributed by atoms with Crippen LogP contribution < -0.4 is 10.2 Å². The van der Waals surface area contributed by atoms with Gasteiger partial charge in [0.15, 0.2) is 5.96 Å². The number of para-hydroxylation sites is 1. The molecular weight excluding hydrogens is 471 g/mol. The van der Waals surface area contributed by atoms with E-state index in [2.05, 4.69) is 58.1 Å². The molecule has 1 atom stereocenters. The first-order valence-corrected chi connectivity index (χ1v) is 11.0. The Morgan fingerprint density at radius 2 is 2.07 bits per heavy atom. The van der Waals surface area contributed by atoms with Crippen molar-refractivity contribution in [2.45, 2.75) is 25.3 Å². The van der Waals surface area contributed by atoms with Crippen LogP contribution in [0.3, 0.4) is 0 Å². The van der Waals surface area contributed by atoms with Gasteiger partial charge in [0.1, 0.15) is 0 Å². The Bertz CT molecular complexity index is 645. The van der Waals surface area contributed by atoms with E-state index in [9.17, 15) is 0 Å². The smallest absolute Gasteiger partial charge is 0.198 e. The van der Waals surface area contributed by atoms with Gasteiger partial charge < -0.3 is 15.0 Å². The second-order valence-corrected chi connectivity index (χ2v) is 8.43. The van der Waals surface area contributed by atoms with Crippen LogP contribution in [0, 0.1) is 0 Å². The Labute approximate surface area is 184 Å². The molecule has 150 valence electrons. The van der Waals surface area contributed by atoms with Crippen LogP contribution in [0.25, 0.3) is 0 Å². The van der Waals surface area contributed by atoms with E-state index in [4.69, 9.17) is 9.73 Å². The van der Waals surface area contributed by atoms with Crippen molar-refractivity contribution in [1.82, 2.24) is 10.2 Å². The molecule has 0 radical (unpaired) electrons. The molecule has 3 heterocycles. The molecule has 3 aliphatic rings. The normalized spacial score (nSPS) is 26.0. The zero-order valence-corrected chi connectivity index (χ0v) is 19.3. The minimum atomic E-state index is 0. The second kappa shape index (κ2) is 9.80. The standard InChI is InChI=1S/C20H30N4OS.HI/c1-2-21-19(24-9-7-17-5-3-4-6-18(17)24)22-15-20(8-14-26-16-20)23-10-12-25-13-11-23;/h3-6H,2,7-16H2,1H3,(H,21,22);1H. The average Bonchev–Trinajstić information content (AvgIpc) is 3.34. The third kappa shape index (κ3) is 4.57. The maximum atomic E-state index is 5.58. The number of hydrogen-bond acceptors (Lipinski definition) is 4. The fourth-order valence-corrected chi connectivity index (χ4v) is 5.75. The zero-order chi connectivity index (χ0) is 17.8. The van der Waals surface area contributed by atoms with Crippen molar-refractivity contribution < 1.29 is 4.74 Å². The van der Waals surface area contributed by atoms with E-state index in [-0.39, 0.29) is 29.5 Å². The Balaban J connectivity index is 0.00000210. The number of hydrogen-bond donors (Lipinski definition) is 1. The first kappa shape index (κ1) is 21.2. The summed E-state index contributed by atoms with van der Waals surface area (Å²) in [5.74, 6) is 3.48. The Kier molecular flexibility index (Phi) is 7.70. The molecule has 1 unspecified atom stereocenters. The summed E-state index contributed by atoms with van der Waals surface area (Å²) in [6, 6.07) is 8.72. The molecule has 0 spiro atoms. The van der Waals surface area contributed by atoms with Gasteiger partial charge in [0.05, 0.1) is 25.3 Å². The van der Waals surface area contributed by atoms with Gasteiger partial charge in [-0.15, -0.1) is 24.0 Å². The molecule has 0 aromatic heterocycles. The summed E-state index contributed by atoms with van der Waals surface area (Å²) >= 11 is 2.07. The molecule has 0 amide bonds. The number of thioether (sulfide) groups is 1. The van der Waals surface area contributed by atoms with E-state index in [1.54, 1.807) is 0 Å². The van der Waals surface area contributed by atoms with Crippen molar-refractivity contribution in [3.05, 3.63) is 29.8 Å². The molecule has 1 aromatic rings. The molecule has 4 rings (SSSR count). The van der Waals surface area contributed by atoms with Crippen LogP contribution in [0.15, 0.2) is 29.3 Å².